The number of carbonyl (C=O) groups is 1. The van der Waals surface area contributed by atoms with Gasteiger partial charge in [0.15, 0.2) is 11.5 Å². The molecule has 7 heteroatoms. The molecule has 1 fully saturated rings. The summed E-state index contributed by atoms with van der Waals surface area (Å²) in [6.07, 6.45) is 2.57. The van der Waals surface area contributed by atoms with Gasteiger partial charge in [-0.2, -0.15) is 0 Å². The van der Waals surface area contributed by atoms with Crippen molar-refractivity contribution in [1.82, 2.24) is 4.90 Å². The number of amides is 1. The molecule has 0 radical (unpaired) electrons. The fourth-order valence-electron chi connectivity index (χ4n) is 3.85. The van der Waals surface area contributed by atoms with Crippen LogP contribution in [0, 0.1) is 17.0 Å². The van der Waals surface area contributed by atoms with E-state index in [-0.39, 0.29) is 17.6 Å². The molecule has 0 bridgehead atoms. The quantitative estimate of drug-likeness (QED) is 0.591. The van der Waals surface area contributed by atoms with E-state index in [0.717, 1.165) is 30.6 Å². The van der Waals surface area contributed by atoms with Crippen molar-refractivity contribution >= 4 is 11.6 Å². The van der Waals surface area contributed by atoms with E-state index in [2.05, 4.69) is 0 Å². The van der Waals surface area contributed by atoms with Crippen LogP contribution in [0.5, 0.6) is 11.5 Å². The summed E-state index contributed by atoms with van der Waals surface area (Å²) in [5.41, 5.74) is 1.86. The molecule has 4 rings (SSSR count). The Kier molecular flexibility index (Phi) is 4.90. The van der Waals surface area contributed by atoms with Gasteiger partial charge in [0.05, 0.1) is 24.2 Å². The fourth-order valence-corrected chi connectivity index (χ4v) is 3.85. The summed E-state index contributed by atoms with van der Waals surface area (Å²) in [7, 11) is 0. The summed E-state index contributed by atoms with van der Waals surface area (Å²) in [6.45, 7) is 3.53. The number of nitro benzene ring substituents is 1. The largest absolute Gasteiger partial charge is 0.490 e. The second-order valence-electron chi connectivity index (χ2n) is 7.17. The molecular weight excluding hydrogens is 360 g/mol. The van der Waals surface area contributed by atoms with Gasteiger partial charge in [0.2, 0.25) is 0 Å². The van der Waals surface area contributed by atoms with Crippen LogP contribution in [0.25, 0.3) is 0 Å². The van der Waals surface area contributed by atoms with Gasteiger partial charge in [0.25, 0.3) is 11.6 Å². The molecule has 1 saturated heterocycles. The van der Waals surface area contributed by atoms with Crippen molar-refractivity contribution in [1.29, 1.82) is 0 Å². The average Bonchev–Trinajstić information content (AvgIpc) is 3.06. The van der Waals surface area contributed by atoms with Gasteiger partial charge in [0, 0.05) is 30.2 Å². The number of carbonyl (C=O) groups excluding carboxylic acids is 1. The summed E-state index contributed by atoms with van der Waals surface area (Å²) in [4.78, 5) is 25.7. The molecule has 0 saturated carbocycles. The van der Waals surface area contributed by atoms with Crippen LogP contribution >= 0.6 is 0 Å². The lowest BCUT2D eigenvalue weighted by Gasteiger charge is -2.26. The first-order chi connectivity index (χ1) is 13.5. The third-order valence-electron chi connectivity index (χ3n) is 5.32. The number of ether oxygens (including phenoxy) is 2. The summed E-state index contributed by atoms with van der Waals surface area (Å²) in [5, 5.41) is 11.2. The summed E-state index contributed by atoms with van der Waals surface area (Å²) in [5.74, 6) is 1.25. The minimum Gasteiger partial charge on any atom is -0.490 e. The number of fused-ring (bicyclic) bond motifs is 1. The van der Waals surface area contributed by atoms with Crippen LogP contribution in [0.15, 0.2) is 36.4 Å². The number of hydrogen-bond donors (Lipinski definition) is 0. The fraction of sp³-hybridized carbons (Fsp3) is 0.381. The van der Waals surface area contributed by atoms with Crippen LogP contribution in [0.2, 0.25) is 0 Å². The van der Waals surface area contributed by atoms with Gasteiger partial charge in [-0.1, -0.05) is 12.1 Å². The van der Waals surface area contributed by atoms with Crippen LogP contribution in [-0.4, -0.2) is 35.5 Å². The number of aryl methyl sites for hydroxylation is 1. The van der Waals surface area contributed by atoms with Gasteiger partial charge >= 0.3 is 0 Å². The molecule has 1 amide bonds. The highest BCUT2D eigenvalue weighted by molar-refractivity contribution is 5.95. The third kappa shape index (κ3) is 3.40. The Labute approximate surface area is 163 Å². The number of rotatable bonds is 3. The van der Waals surface area contributed by atoms with Crippen LogP contribution in [0.1, 0.15) is 46.8 Å². The Hall–Kier alpha value is -3.09. The lowest BCUT2D eigenvalue weighted by atomic mass is 10.0. The van der Waals surface area contributed by atoms with Crippen LogP contribution < -0.4 is 9.47 Å². The minimum atomic E-state index is -0.447. The number of nitro groups is 1. The average molecular weight is 382 g/mol. The molecular formula is C21H22N2O5. The standard InChI is InChI=1S/C21H22N2O5/c1-14-5-6-16(12-18(14)23(25)26)21(24)22-9-2-4-17(22)15-7-8-19-20(13-15)28-11-3-10-27-19/h5-8,12-13,17H,2-4,9-11H2,1H3/t17-/m1/s1. The second-order valence-corrected chi connectivity index (χ2v) is 7.17. The molecule has 28 heavy (non-hydrogen) atoms. The van der Waals surface area contributed by atoms with Gasteiger partial charge < -0.3 is 14.4 Å². The number of hydrogen-bond acceptors (Lipinski definition) is 5. The predicted molar refractivity (Wildman–Crippen MR) is 103 cm³/mol. The van der Waals surface area contributed by atoms with Gasteiger partial charge in [-0.3, -0.25) is 14.9 Å². The molecule has 2 aromatic rings. The van der Waals surface area contributed by atoms with E-state index in [4.69, 9.17) is 9.47 Å². The Morgan fingerprint density at radius 3 is 2.68 bits per heavy atom. The Bertz CT molecular complexity index is 927. The first kappa shape index (κ1) is 18.3. The maximum Gasteiger partial charge on any atom is 0.273 e. The summed E-state index contributed by atoms with van der Waals surface area (Å²) < 4.78 is 11.5. The number of benzene rings is 2. The van der Waals surface area contributed by atoms with Crippen molar-refractivity contribution in [2.75, 3.05) is 19.8 Å². The van der Waals surface area contributed by atoms with Crippen molar-refractivity contribution in [2.45, 2.75) is 32.2 Å². The maximum atomic E-state index is 13.1. The smallest absolute Gasteiger partial charge is 0.273 e. The van der Waals surface area contributed by atoms with E-state index in [1.807, 2.05) is 18.2 Å². The van der Waals surface area contributed by atoms with Gasteiger partial charge in [-0.25, -0.2) is 0 Å². The number of likely N-dealkylation sites (tertiary alicyclic amines) is 1. The van der Waals surface area contributed by atoms with Gasteiger partial charge in [0.1, 0.15) is 0 Å². The molecule has 1 atom stereocenters. The highest BCUT2D eigenvalue weighted by atomic mass is 16.6. The molecule has 2 aromatic carbocycles. The van der Waals surface area contributed by atoms with Gasteiger partial charge in [-0.05, 0) is 43.5 Å². The molecule has 0 aliphatic carbocycles. The van der Waals surface area contributed by atoms with Crippen LogP contribution in [-0.2, 0) is 0 Å². The van der Waals surface area contributed by atoms with E-state index in [1.165, 1.54) is 6.07 Å². The third-order valence-corrected chi connectivity index (χ3v) is 5.32. The van der Waals surface area contributed by atoms with Crippen LogP contribution in [0.3, 0.4) is 0 Å². The van der Waals surface area contributed by atoms with E-state index >= 15 is 0 Å². The van der Waals surface area contributed by atoms with E-state index in [9.17, 15) is 14.9 Å². The van der Waals surface area contributed by atoms with E-state index in [1.54, 1.807) is 24.0 Å². The monoisotopic (exact) mass is 382 g/mol. The molecule has 2 heterocycles. The first-order valence-electron chi connectivity index (χ1n) is 9.50. The molecule has 0 aromatic heterocycles. The first-order valence-corrected chi connectivity index (χ1v) is 9.50. The van der Waals surface area contributed by atoms with Crippen molar-refractivity contribution in [3.8, 4) is 11.5 Å². The van der Waals surface area contributed by atoms with E-state index in [0.29, 0.717) is 36.6 Å². The topological polar surface area (TPSA) is 81.9 Å². The summed E-state index contributed by atoms with van der Waals surface area (Å²) >= 11 is 0. The lowest BCUT2D eigenvalue weighted by Crippen LogP contribution is -2.30. The van der Waals surface area contributed by atoms with Crippen molar-refractivity contribution in [2.24, 2.45) is 0 Å². The Morgan fingerprint density at radius 1 is 1.11 bits per heavy atom. The Balaban J connectivity index is 1.62. The normalized spacial score (nSPS) is 18.6. The van der Waals surface area contributed by atoms with Crippen LogP contribution in [0.4, 0.5) is 5.69 Å². The molecule has 2 aliphatic heterocycles. The van der Waals surface area contributed by atoms with Gasteiger partial charge in [-0.15, -0.1) is 0 Å². The highest BCUT2D eigenvalue weighted by Gasteiger charge is 2.32. The summed E-state index contributed by atoms with van der Waals surface area (Å²) in [6, 6.07) is 10.4. The van der Waals surface area contributed by atoms with Crippen molar-refractivity contribution in [3.63, 3.8) is 0 Å². The highest BCUT2D eigenvalue weighted by Crippen LogP contribution is 2.38. The second kappa shape index (κ2) is 7.50. The zero-order valence-electron chi connectivity index (χ0n) is 15.7. The molecule has 2 aliphatic rings. The molecule has 146 valence electrons. The molecule has 7 nitrogen and oxygen atoms in total. The Morgan fingerprint density at radius 2 is 1.89 bits per heavy atom. The number of nitrogens with zero attached hydrogens (tertiary/aromatic N) is 2. The zero-order valence-corrected chi connectivity index (χ0v) is 15.7. The van der Waals surface area contributed by atoms with Crippen molar-refractivity contribution in [3.05, 3.63) is 63.2 Å². The lowest BCUT2D eigenvalue weighted by molar-refractivity contribution is -0.385. The zero-order chi connectivity index (χ0) is 19.7. The van der Waals surface area contributed by atoms with Crippen molar-refractivity contribution < 1.29 is 19.2 Å². The molecule has 0 unspecified atom stereocenters. The van der Waals surface area contributed by atoms with E-state index < -0.39 is 4.92 Å². The predicted octanol–water partition coefficient (Wildman–Crippen LogP) is 4.04. The molecule has 0 spiro atoms. The maximum absolute atomic E-state index is 13.1. The minimum absolute atomic E-state index is 0.0304. The SMILES string of the molecule is Cc1ccc(C(=O)N2CCC[C@@H]2c2ccc3c(c2)OCCCO3)cc1[N+](=O)[O-]. The molecule has 0 N–H and O–H groups in total.